The van der Waals surface area contributed by atoms with Gasteiger partial charge in [0, 0.05) is 9.75 Å². The lowest BCUT2D eigenvalue weighted by molar-refractivity contribution is 0.891. The first-order valence-corrected chi connectivity index (χ1v) is 5.87. The summed E-state index contributed by atoms with van der Waals surface area (Å²) in [6.45, 7) is 4.20. The third-order valence-electron chi connectivity index (χ3n) is 2.47. The molecule has 15 heavy (non-hydrogen) atoms. The average Bonchev–Trinajstić information content (AvgIpc) is 2.64. The molecule has 1 heterocycles. The minimum absolute atomic E-state index is 0.0172. The Hall–Kier alpha value is -1.12. The van der Waals surface area contributed by atoms with E-state index in [1.54, 1.807) is 11.3 Å². The molecule has 1 aromatic heterocycles. The SMILES string of the molecule is Cc1cccc(C(N)c2ccc(C)s2)c1. The van der Waals surface area contributed by atoms with Gasteiger partial charge in [-0.3, -0.25) is 0 Å². The van der Waals surface area contributed by atoms with Gasteiger partial charge in [-0.05, 0) is 31.5 Å². The molecule has 0 radical (unpaired) electrons. The van der Waals surface area contributed by atoms with E-state index >= 15 is 0 Å². The van der Waals surface area contributed by atoms with E-state index in [9.17, 15) is 0 Å². The summed E-state index contributed by atoms with van der Waals surface area (Å²) in [7, 11) is 0. The molecule has 2 heteroatoms. The van der Waals surface area contributed by atoms with Crippen LogP contribution in [0.4, 0.5) is 0 Å². The highest BCUT2D eigenvalue weighted by atomic mass is 32.1. The Bertz CT molecular complexity index is 459. The van der Waals surface area contributed by atoms with Crippen molar-refractivity contribution in [2.24, 2.45) is 5.73 Å². The van der Waals surface area contributed by atoms with Gasteiger partial charge in [0.1, 0.15) is 0 Å². The zero-order valence-electron chi connectivity index (χ0n) is 9.03. The van der Waals surface area contributed by atoms with Gasteiger partial charge >= 0.3 is 0 Å². The van der Waals surface area contributed by atoms with Crippen LogP contribution >= 0.6 is 11.3 Å². The highest BCUT2D eigenvalue weighted by Crippen LogP contribution is 2.26. The molecule has 1 atom stereocenters. The summed E-state index contributed by atoms with van der Waals surface area (Å²) in [5.74, 6) is 0. The maximum atomic E-state index is 6.21. The molecule has 0 saturated heterocycles. The van der Waals surface area contributed by atoms with Crippen LogP contribution in [-0.2, 0) is 0 Å². The summed E-state index contributed by atoms with van der Waals surface area (Å²) >= 11 is 1.77. The minimum atomic E-state index is 0.0172. The van der Waals surface area contributed by atoms with Crippen molar-refractivity contribution >= 4 is 11.3 Å². The molecule has 0 amide bonds. The molecule has 1 aromatic carbocycles. The number of benzene rings is 1. The lowest BCUT2D eigenvalue weighted by atomic mass is 10.0. The Labute approximate surface area is 94.6 Å². The predicted molar refractivity (Wildman–Crippen MR) is 66.3 cm³/mol. The summed E-state index contributed by atoms with van der Waals surface area (Å²) in [6.07, 6.45) is 0. The quantitative estimate of drug-likeness (QED) is 0.819. The molecular weight excluding hydrogens is 202 g/mol. The first-order chi connectivity index (χ1) is 7.16. The Balaban J connectivity index is 2.32. The second-order valence-electron chi connectivity index (χ2n) is 3.84. The zero-order valence-corrected chi connectivity index (χ0v) is 9.84. The number of rotatable bonds is 2. The van der Waals surface area contributed by atoms with Gasteiger partial charge in [-0.15, -0.1) is 11.3 Å². The predicted octanol–water partition coefficient (Wildman–Crippen LogP) is 3.41. The molecule has 2 N–H and O–H groups in total. The van der Waals surface area contributed by atoms with E-state index in [4.69, 9.17) is 5.73 Å². The molecule has 0 aliphatic rings. The molecule has 0 saturated carbocycles. The van der Waals surface area contributed by atoms with Gasteiger partial charge in [-0.2, -0.15) is 0 Å². The molecule has 2 rings (SSSR count). The molecule has 2 aromatic rings. The highest BCUT2D eigenvalue weighted by Gasteiger charge is 2.10. The van der Waals surface area contributed by atoms with Crippen LogP contribution in [0.15, 0.2) is 36.4 Å². The molecule has 78 valence electrons. The smallest absolute Gasteiger partial charge is 0.0646 e. The van der Waals surface area contributed by atoms with Crippen LogP contribution in [0, 0.1) is 13.8 Å². The number of thiophene rings is 1. The second kappa shape index (κ2) is 4.17. The molecule has 0 spiro atoms. The highest BCUT2D eigenvalue weighted by molar-refractivity contribution is 7.12. The fourth-order valence-electron chi connectivity index (χ4n) is 1.65. The van der Waals surface area contributed by atoms with E-state index in [2.05, 4.69) is 50.2 Å². The zero-order chi connectivity index (χ0) is 10.8. The molecular formula is C13H15NS. The van der Waals surface area contributed by atoms with Gasteiger partial charge < -0.3 is 5.73 Å². The largest absolute Gasteiger partial charge is 0.320 e. The van der Waals surface area contributed by atoms with Gasteiger partial charge in [-0.1, -0.05) is 29.8 Å². The maximum absolute atomic E-state index is 6.21. The molecule has 0 fully saturated rings. The summed E-state index contributed by atoms with van der Waals surface area (Å²) in [6, 6.07) is 12.7. The van der Waals surface area contributed by atoms with Crippen molar-refractivity contribution in [3.05, 3.63) is 57.3 Å². The number of nitrogens with two attached hydrogens (primary N) is 1. The lowest BCUT2D eigenvalue weighted by Gasteiger charge is -2.10. The summed E-state index contributed by atoms with van der Waals surface area (Å²) in [4.78, 5) is 2.55. The number of hydrogen-bond acceptors (Lipinski definition) is 2. The van der Waals surface area contributed by atoms with Crippen molar-refractivity contribution in [3.8, 4) is 0 Å². The van der Waals surface area contributed by atoms with Gasteiger partial charge in [0.05, 0.1) is 6.04 Å². The van der Waals surface area contributed by atoms with Crippen LogP contribution < -0.4 is 5.73 Å². The van der Waals surface area contributed by atoms with Crippen molar-refractivity contribution in [1.29, 1.82) is 0 Å². The van der Waals surface area contributed by atoms with Crippen molar-refractivity contribution in [1.82, 2.24) is 0 Å². The van der Waals surface area contributed by atoms with E-state index in [-0.39, 0.29) is 6.04 Å². The number of aryl methyl sites for hydroxylation is 2. The molecule has 1 unspecified atom stereocenters. The van der Waals surface area contributed by atoms with Crippen molar-refractivity contribution in [3.63, 3.8) is 0 Å². The third kappa shape index (κ3) is 2.28. The Morgan fingerprint density at radius 1 is 1.13 bits per heavy atom. The Morgan fingerprint density at radius 3 is 2.53 bits per heavy atom. The fraction of sp³-hybridized carbons (Fsp3) is 0.231. The van der Waals surface area contributed by atoms with E-state index in [0.717, 1.165) is 0 Å². The molecule has 1 nitrogen and oxygen atoms in total. The van der Waals surface area contributed by atoms with Crippen LogP contribution in [0.5, 0.6) is 0 Å². The van der Waals surface area contributed by atoms with Crippen LogP contribution in [0.25, 0.3) is 0 Å². The van der Waals surface area contributed by atoms with E-state index < -0.39 is 0 Å². The summed E-state index contributed by atoms with van der Waals surface area (Å²) < 4.78 is 0. The fourth-order valence-corrected chi connectivity index (χ4v) is 2.56. The summed E-state index contributed by atoms with van der Waals surface area (Å²) in [5, 5.41) is 0. The van der Waals surface area contributed by atoms with Gasteiger partial charge in [0.15, 0.2) is 0 Å². The van der Waals surface area contributed by atoms with Crippen LogP contribution in [0.2, 0.25) is 0 Å². The molecule has 0 aliphatic heterocycles. The Morgan fingerprint density at radius 2 is 1.93 bits per heavy atom. The lowest BCUT2D eigenvalue weighted by Crippen LogP contribution is -2.10. The van der Waals surface area contributed by atoms with Crippen molar-refractivity contribution < 1.29 is 0 Å². The van der Waals surface area contributed by atoms with Gasteiger partial charge in [-0.25, -0.2) is 0 Å². The topological polar surface area (TPSA) is 26.0 Å². The van der Waals surface area contributed by atoms with E-state index in [0.29, 0.717) is 0 Å². The van der Waals surface area contributed by atoms with E-state index in [1.165, 1.54) is 20.9 Å². The molecule has 0 aliphatic carbocycles. The first-order valence-electron chi connectivity index (χ1n) is 5.05. The maximum Gasteiger partial charge on any atom is 0.0646 e. The van der Waals surface area contributed by atoms with Crippen LogP contribution in [0.1, 0.15) is 26.9 Å². The standard InChI is InChI=1S/C13H15NS/c1-9-4-3-5-11(8-9)13(14)12-7-6-10(2)15-12/h3-8,13H,14H2,1-2H3. The summed E-state index contributed by atoms with van der Waals surface area (Å²) in [5.41, 5.74) is 8.66. The van der Waals surface area contributed by atoms with Crippen molar-refractivity contribution in [2.75, 3.05) is 0 Å². The van der Waals surface area contributed by atoms with Crippen LogP contribution in [-0.4, -0.2) is 0 Å². The molecule has 0 bridgehead atoms. The minimum Gasteiger partial charge on any atom is -0.320 e. The van der Waals surface area contributed by atoms with Crippen molar-refractivity contribution in [2.45, 2.75) is 19.9 Å². The van der Waals surface area contributed by atoms with E-state index in [1.807, 2.05) is 0 Å². The number of hydrogen-bond donors (Lipinski definition) is 1. The van der Waals surface area contributed by atoms with Gasteiger partial charge in [0.2, 0.25) is 0 Å². The second-order valence-corrected chi connectivity index (χ2v) is 5.16. The van der Waals surface area contributed by atoms with Crippen LogP contribution in [0.3, 0.4) is 0 Å². The monoisotopic (exact) mass is 217 g/mol. The Kier molecular flexibility index (Phi) is 2.89. The normalized spacial score (nSPS) is 12.7. The van der Waals surface area contributed by atoms with Gasteiger partial charge in [0.25, 0.3) is 0 Å². The first kappa shape index (κ1) is 10.4. The third-order valence-corrected chi connectivity index (χ3v) is 3.55. The average molecular weight is 217 g/mol.